The number of hydrogen-bond donors (Lipinski definition) is 0. The Kier molecular flexibility index (Phi) is 5.49. The van der Waals surface area contributed by atoms with Gasteiger partial charge in [0.05, 0.1) is 0 Å². The summed E-state index contributed by atoms with van der Waals surface area (Å²) >= 11 is 6.85. The molecule has 0 fully saturated rings. The van der Waals surface area contributed by atoms with Crippen molar-refractivity contribution < 1.29 is 13.2 Å². The molecule has 0 spiro atoms. The van der Waals surface area contributed by atoms with E-state index in [9.17, 15) is 13.2 Å². The van der Waals surface area contributed by atoms with Gasteiger partial charge in [-0.15, -0.1) is 0 Å². The minimum Gasteiger partial charge on any atom is -0.207 e. The number of halogens is 5. The summed E-state index contributed by atoms with van der Waals surface area (Å²) in [5, 5.41) is 0.981. The first-order valence-electron chi connectivity index (χ1n) is 6.33. The van der Waals surface area contributed by atoms with Crippen molar-refractivity contribution in [2.45, 2.75) is 11.8 Å². The molecule has 0 aromatic heterocycles. The van der Waals surface area contributed by atoms with Crippen LogP contribution in [0.25, 0.3) is 0 Å². The van der Waals surface area contributed by atoms with E-state index in [-0.39, 0.29) is 17.8 Å². The molecule has 0 unspecified atom stereocenters. The summed E-state index contributed by atoms with van der Waals surface area (Å²) in [6.07, 6.45) is 0.260. The average Bonchev–Trinajstić information content (AvgIpc) is 2.48. The zero-order valence-electron chi connectivity index (χ0n) is 11.1. The van der Waals surface area contributed by atoms with Crippen molar-refractivity contribution in [1.29, 1.82) is 0 Å². The molecule has 0 N–H and O–H groups in total. The standard InChI is InChI=1S/C16H13Br2F3/c17-9-16(10-18,12-2-1-3-13(19)7-12)8-11-6-14(20)4-5-15(11)21/h1-7H,8-10H2. The molecule has 0 amide bonds. The summed E-state index contributed by atoms with van der Waals surface area (Å²) in [5.74, 6) is -1.29. The third-order valence-electron chi connectivity index (χ3n) is 3.49. The van der Waals surface area contributed by atoms with Gasteiger partial charge in [0.1, 0.15) is 17.5 Å². The molecule has 2 aromatic carbocycles. The first-order chi connectivity index (χ1) is 10.0. The van der Waals surface area contributed by atoms with Crippen LogP contribution in [0.5, 0.6) is 0 Å². The first-order valence-corrected chi connectivity index (χ1v) is 8.57. The van der Waals surface area contributed by atoms with Gasteiger partial charge in [-0.3, -0.25) is 0 Å². The van der Waals surface area contributed by atoms with Crippen molar-refractivity contribution in [3.63, 3.8) is 0 Å². The van der Waals surface area contributed by atoms with Gasteiger partial charge in [0.2, 0.25) is 0 Å². The Balaban J connectivity index is 2.45. The lowest BCUT2D eigenvalue weighted by Gasteiger charge is -2.31. The fourth-order valence-corrected chi connectivity index (χ4v) is 4.22. The molecule has 0 saturated heterocycles. The van der Waals surface area contributed by atoms with Crippen LogP contribution in [0.4, 0.5) is 13.2 Å². The van der Waals surface area contributed by atoms with E-state index in [0.717, 1.165) is 17.7 Å². The fraction of sp³-hybridized carbons (Fsp3) is 0.250. The van der Waals surface area contributed by atoms with E-state index in [2.05, 4.69) is 31.9 Å². The maximum absolute atomic E-state index is 13.9. The summed E-state index contributed by atoms with van der Waals surface area (Å²) in [6.45, 7) is 0. The van der Waals surface area contributed by atoms with Gasteiger partial charge in [0.15, 0.2) is 0 Å². The quantitative estimate of drug-likeness (QED) is 0.569. The third kappa shape index (κ3) is 3.69. The van der Waals surface area contributed by atoms with E-state index in [1.165, 1.54) is 18.2 Å². The number of rotatable bonds is 5. The van der Waals surface area contributed by atoms with Gasteiger partial charge in [0.25, 0.3) is 0 Å². The number of benzene rings is 2. The predicted octanol–water partition coefficient (Wildman–Crippen LogP) is 5.37. The lowest BCUT2D eigenvalue weighted by Crippen LogP contribution is -2.33. The highest BCUT2D eigenvalue weighted by Crippen LogP contribution is 2.34. The van der Waals surface area contributed by atoms with Crippen LogP contribution in [0.2, 0.25) is 0 Å². The van der Waals surface area contributed by atoms with Gasteiger partial charge in [-0.25, -0.2) is 13.2 Å². The molecule has 0 nitrogen and oxygen atoms in total. The van der Waals surface area contributed by atoms with Crippen molar-refractivity contribution in [2.24, 2.45) is 0 Å². The minimum absolute atomic E-state index is 0.260. The molecule has 0 radical (unpaired) electrons. The van der Waals surface area contributed by atoms with Crippen LogP contribution >= 0.6 is 31.9 Å². The third-order valence-corrected chi connectivity index (χ3v) is 5.63. The van der Waals surface area contributed by atoms with Crippen molar-refractivity contribution in [1.82, 2.24) is 0 Å². The van der Waals surface area contributed by atoms with Crippen LogP contribution in [-0.2, 0) is 11.8 Å². The monoisotopic (exact) mass is 420 g/mol. The van der Waals surface area contributed by atoms with Crippen molar-refractivity contribution in [3.8, 4) is 0 Å². The zero-order valence-corrected chi connectivity index (χ0v) is 14.2. The van der Waals surface area contributed by atoms with Crippen LogP contribution < -0.4 is 0 Å². The molecule has 0 aliphatic heterocycles. The van der Waals surface area contributed by atoms with Crippen LogP contribution in [0.15, 0.2) is 42.5 Å². The smallest absolute Gasteiger partial charge is 0.126 e. The van der Waals surface area contributed by atoms with E-state index in [1.54, 1.807) is 12.1 Å². The maximum Gasteiger partial charge on any atom is 0.126 e. The second-order valence-corrected chi connectivity index (χ2v) is 6.09. The Morgan fingerprint density at radius 3 is 2.14 bits per heavy atom. The molecule has 5 heteroatoms. The summed E-state index contributed by atoms with van der Waals surface area (Å²) < 4.78 is 40.7. The topological polar surface area (TPSA) is 0 Å². The Morgan fingerprint density at radius 1 is 0.857 bits per heavy atom. The molecule has 0 aliphatic carbocycles. The molecule has 2 aromatic rings. The summed E-state index contributed by atoms with van der Waals surface area (Å²) in [7, 11) is 0. The lowest BCUT2D eigenvalue weighted by molar-refractivity contribution is 0.511. The Labute approximate surface area is 138 Å². The van der Waals surface area contributed by atoms with Gasteiger partial charge in [0, 0.05) is 16.1 Å². The molecule has 0 saturated carbocycles. The van der Waals surface area contributed by atoms with E-state index in [1.807, 2.05) is 0 Å². The number of hydrogen-bond acceptors (Lipinski definition) is 0. The van der Waals surface area contributed by atoms with Crippen LogP contribution in [-0.4, -0.2) is 10.7 Å². The molecular weight excluding hydrogens is 409 g/mol. The highest BCUT2D eigenvalue weighted by atomic mass is 79.9. The second-order valence-electron chi connectivity index (χ2n) is 4.97. The average molecular weight is 422 g/mol. The van der Waals surface area contributed by atoms with Crippen LogP contribution in [0.3, 0.4) is 0 Å². The van der Waals surface area contributed by atoms with Gasteiger partial charge >= 0.3 is 0 Å². The van der Waals surface area contributed by atoms with E-state index >= 15 is 0 Å². The molecule has 0 bridgehead atoms. The molecular formula is C16H13Br2F3. The second kappa shape index (κ2) is 6.97. The lowest BCUT2D eigenvalue weighted by atomic mass is 9.79. The van der Waals surface area contributed by atoms with Crippen LogP contribution in [0, 0.1) is 17.5 Å². The van der Waals surface area contributed by atoms with Gasteiger partial charge in [-0.05, 0) is 47.9 Å². The van der Waals surface area contributed by atoms with Crippen molar-refractivity contribution in [3.05, 3.63) is 71.0 Å². The molecule has 112 valence electrons. The van der Waals surface area contributed by atoms with E-state index < -0.39 is 17.0 Å². The van der Waals surface area contributed by atoms with Gasteiger partial charge < -0.3 is 0 Å². The Morgan fingerprint density at radius 2 is 1.52 bits per heavy atom. The molecule has 21 heavy (non-hydrogen) atoms. The first kappa shape index (κ1) is 16.6. The largest absolute Gasteiger partial charge is 0.207 e. The molecule has 0 heterocycles. The number of alkyl halides is 2. The predicted molar refractivity (Wildman–Crippen MR) is 85.7 cm³/mol. The van der Waals surface area contributed by atoms with Crippen molar-refractivity contribution in [2.75, 3.05) is 10.7 Å². The summed E-state index contributed by atoms with van der Waals surface area (Å²) in [4.78, 5) is 0. The molecule has 0 aliphatic rings. The maximum atomic E-state index is 13.9. The zero-order chi connectivity index (χ0) is 15.5. The molecule has 2 rings (SSSR count). The van der Waals surface area contributed by atoms with Gasteiger partial charge in [-0.2, -0.15) is 0 Å². The Bertz CT molecular complexity index is 625. The normalized spacial score (nSPS) is 11.7. The Hall–Kier alpha value is -0.810. The summed E-state index contributed by atoms with van der Waals surface area (Å²) in [5.41, 5.74) is 0.453. The van der Waals surface area contributed by atoms with E-state index in [0.29, 0.717) is 10.7 Å². The highest BCUT2D eigenvalue weighted by Gasteiger charge is 2.32. The summed E-state index contributed by atoms with van der Waals surface area (Å²) in [6, 6.07) is 9.60. The van der Waals surface area contributed by atoms with Gasteiger partial charge in [-0.1, -0.05) is 44.0 Å². The molecule has 0 atom stereocenters. The van der Waals surface area contributed by atoms with E-state index in [4.69, 9.17) is 0 Å². The minimum atomic E-state index is -0.559. The highest BCUT2D eigenvalue weighted by molar-refractivity contribution is 9.09. The SMILES string of the molecule is Fc1cccc(C(CBr)(CBr)Cc2cc(F)ccc2F)c1. The van der Waals surface area contributed by atoms with Crippen molar-refractivity contribution >= 4 is 31.9 Å². The van der Waals surface area contributed by atoms with Crippen LogP contribution in [0.1, 0.15) is 11.1 Å². The fourth-order valence-electron chi connectivity index (χ4n) is 2.25.